The minimum Gasteiger partial charge on any atom is -0.507 e. The number of hydrogen-bond donors (Lipinski definition) is 4. The molecule has 1 atom stereocenters. The molecule has 0 bridgehead atoms. The molecule has 2 heterocycles. The Bertz CT molecular complexity index is 1530. The predicted octanol–water partition coefficient (Wildman–Crippen LogP) is 6.92. The normalized spacial score (nSPS) is 14.5. The van der Waals surface area contributed by atoms with E-state index in [2.05, 4.69) is 6.08 Å². The number of hydrogen-bond acceptors (Lipinski definition) is 7. The number of phenolic OH excluding ortho intramolecular Hbond substituents is 4. The molecule has 4 rings (SSSR count). The summed E-state index contributed by atoms with van der Waals surface area (Å²) < 4.78 is 12.3. The van der Waals surface area contributed by atoms with Gasteiger partial charge in [0.1, 0.15) is 28.6 Å². The van der Waals surface area contributed by atoms with Gasteiger partial charge in [0.05, 0.1) is 5.56 Å². The summed E-state index contributed by atoms with van der Waals surface area (Å²) in [5.74, 6) is -1.38. The number of rotatable bonds is 6. The molecule has 1 aliphatic rings. The summed E-state index contributed by atoms with van der Waals surface area (Å²) in [6.45, 7) is 9.81. The van der Waals surface area contributed by atoms with E-state index in [0.717, 1.165) is 30.1 Å². The lowest BCUT2D eigenvalue weighted by Crippen LogP contribution is -2.19. The van der Waals surface area contributed by atoms with E-state index < -0.39 is 17.3 Å². The van der Waals surface area contributed by atoms with Crippen molar-refractivity contribution < 1.29 is 29.6 Å². The van der Waals surface area contributed by atoms with Crippen molar-refractivity contribution >= 4 is 11.0 Å². The van der Waals surface area contributed by atoms with Crippen LogP contribution in [0.4, 0.5) is 0 Å². The Morgan fingerprint density at radius 3 is 2.32 bits per heavy atom. The number of aromatic hydroxyl groups is 4. The Hall–Kier alpha value is -4.13. The first kappa shape index (κ1) is 25.9. The molecule has 0 fully saturated rings. The van der Waals surface area contributed by atoms with E-state index in [1.807, 2.05) is 40.7 Å². The third-order valence-electron chi connectivity index (χ3n) is 6.39. The molecule has 194 valence electrons. The highest BCUT2D eigenvalue weighted by molar-refractivity contribution is 5.92. The summed E-state index contributed by atoms with van der Waals surface area (Å²) in [5.41, 5.74) is 3.63. The van der Waals surface area contributed by atoms with Crippen molar-refractivity contribution in [3.05, 3.63) is 74.5 Å². The first-order chi connectivity index (χ1) is 17.5. The number of phenols is 4. The van der Waals surface area contributed by atoms with Gasteiger partial charge in [-0.05, 0) is 72.1 Å². The zero-order chi connectivity index (χ0) is 27.0. The maximum atomic E-state index is 13.7. The van der Waals surface area contributed by atoms with Crippen LogP contribution >= 0.6 is 0 Å². The summed E-state index contributed by atoms with van der Waals surface area (Å²) in [6.07, 6.45) is 6.78. The number of allylic oxidation sites excluding steroid dienone is 5. The van der Waals surface area contributed by atoms with Crippen molar-refractivity contribution in [3.63, 3.8) is 0 Å². The third-order valence-corrected chi connectivity index (χ3v) is 6.39. The van der Waals surface area contributed by atoms with E-state index >= 15 is 0 Å². The minimum absolute atomic E-state index is 0.0350. The average molecular weight is 505 g/mol. The molecule has 0 spiro atoms. The van der Waals surface area contributed by atoms with Crippen molar-refractivity contribution in [2.75, 3.05) is 0 Å². The summed E-state index contributed by atoms with van der Waals surface area (Å²) in [5, 5.41) is 42.1. The van der Waals surface area contributed by atoms with E-state index in [1.54, 1.807) is 12.1 Å². The Morgan fingerprint density at radius 1 is 0.946 bits per heavy atom. The average Bonchev–Trinajstić information content (AvgIpc) is 2.80. The van der Waals surface area contributed by atoms with Gasteiger partial charge in [-0.1, -0.05) is 28.9 Å². The zero-order valence-corrected chi connectivity index (χ0v) is 21.7. The van der Waals surface area contributed by atoms with Gasteiger partial charge in [-0.15, -0.1) is 0 Å². The standard InChI is InChI=1S/C30H32O7/c1-15(2)7-6-8-17(5)13-23-24-19(11-12-20(31)26(24)34)29-30(36-23)27(35)25-22(33)14-21(32)18(28(25)37-29)10-9-16(3)4/h7,9,11-14,23,31-34H,6,8,10H2,1-5H3. The van der Waals surface area contributed by atoms with E-state index in [9.17, 15) is 25.2 Å². The summed E-state index contributed by atoms with van der Waals surface area (Å²) in [4.78, 5) is 13.7. The highest BCUT2D eigenvalue weighted by Gasteiger charge is 2.34. The SMILES string of the molecule is CC(C)=CCCC(C)=CC1Oc2c(oc3c(CC=C(C)C)c(O)cc(O)c3c2=O)-c2ccc(O)c(O)c21. The molecule has 1 aromatic heterocycles. The molecule has 0 radical (unpaired) electrons. The predicted molar refractivity (Wildman–Crippen MR) is 144 cm³/mol. The highest BCUT2D eigenvalue weighted by atomic mass is 16.5. The molecule has 0 amide bonds. The van der Waals surface area contributed by atoms with Crippen LogP contribution in [0.1, 0.15) is 64.7 Å². The molecule has 37 heavy (non-hydrogen) atoms. The second-order valence-electron chi connectivity index (χ2n) is 9.94. The van der Waals surface area contributed by atoms with Gasteiger partial charge in [-0.2, -0.15) is 0 Å². The molecule has 0 saturated heterocycles. The maximum Gasteiger partial charge on any atom is 0.239 e. The van der Waals surface area contributed by atoms with Crippen LogP contribution in [0.2, 0.25) is 0 Å². The van der Waals surface area contributed by atoms with Crippen LogP contribution in [-0.2, 0) is 6.42 Å². The van der Waals surface area contributed by atoms with Gasteiger partial charge in [0.25, 0.3) is 0 Å². The van der Waals surface area contributed by atoms with Gasteiger partial charge in [0.2, 0.25) is 11.2 Å². The fraction of sp³-hybridized carbons (Fsp3) is 0.300. The summed E-state index contributed by atoms with van der Waals surface area (Å²) in [7, 11) is 0. The number of benzene rings is 2. The Balaban J connectivity index is 1.96. The quantitative estimate of drug-likeness (QED) is 0.212. The van der Waals surface area contributed by atoms with E-state index in [1.165, 1.54) is 11.6 Å². The molecule has 1 aliphatic heterocycles. The summed E-state index contributed by atoms with van der Waals surface area (Å²) in [6, 6.07) is 4.00. The lowest BCUT2D eigenvalue weighted by Gasteiger charge is -2.27. The molecule has 4 N–H and O–H groups in total. The van der Waals surface area contributed by atoms with Gasteiger partial charge in [-0.3, -0.25) is 4.79 Å². The van der Waals surface area contributed by atoms with Gasteiger partial charge < -0.3 is 29.6 Å². The number of ether oxygens (including phenoxy) is 1. The van der Waals surface area contributed by atoms with Crippen molar-refractivity contribution in [2.45, 2.75) is 60.0 Å². The van der Waals surface area contributed by atoms with E-state index in [-0.39, 0.29) is 51.7 Å². The van der Waals surface area contributed by atoms with Crippen molar-refractivity contribution in [2.24, 2.45) is 0 Å². The Labute approximate surface area is 215 Å². The van der Waals surface area contributed by atoms with Gasteiger partial charge in [-0.25, -0.2) is 0 Å². The molecule has 1 unspecified atom stereocenters. The van der Waals surface area contributed by atoms with Crippen molar-refractivity contribution in [3.8, 4) is 40.1 Å². The van der Waals surface area contributed by atoms with E-state index in [0.29, 0.717) is 11.1 Å². The van der Waals surface area contributed by atoms with Gasteiger partial charge in [0, 0.05) is 17.2 Å². The van der Waals surface area contributed by atoms with Gasteiger partial charge in [0.15, 0.2) is 17.3 Å². The molecule has 3 aromatic rings. The van der Waals surface area contributed by atoms with E-state index in [4.69, 9.17) is 9.15 Å². The monoisotopic (exact) mass is 504 g/mol. The van der Waals surface area contributed by atoms with Crippen LogP contribution in [0, 0.1) is 0 Å². The van der Waals surface area contributed by atoms with Crippen LogP contribution in [0.15, 0.2) is 62.4 Å². The van der Waals surface area contributed by atoms with Crippen LogP contribution in [0.3, 0.4) is 0 Å². The molecular formula is C30H32O7. The highest BCUT2D eigenvalue weighted by Crippen LogP contribution is 2.50. The lowest BCUT2D eigenvalue weighted by molar-refractivity contribution is 0.234. The van der Waals surface area contributed by atoms with Crippen LogP contribution in [-0.4, -0.2) is 20.4 Å². The van der Waals surface area contributed by atoms with Gasteiger partial charge >= 0.3 is 0 Å². The maximum absolute atomic E-state index is 13.7. The van der Waals surface area contributed by atoms with Crippen molar-refractivity contribution in [1.82, 2.24) is 0 Å². The number of fused-ring (bicyclic) bond motifs is 4. The van der Waals surface area contributed by atoms with Crippen LogP contribution < -0.4 is 10.2 Å². The first-order valence-corrected chi connectivity index (χ1v) is 12.2. The molecule has 2 aromatic carbocycles. The molecule has 0 saturated carbocycles. The molecule has 7 heteroatoms. The van der Waals surface area contributed by atoms with Crippen LogP contribution in [0.25, 0.3) is 22.3 Å². The van der Waals surface area contributed by atoms with Crippen LogP contribution in [0.5, 0.6) is 28.7 Å². The Morgan fingerprint density at radius 2 is 1.65 bits per heavy atom. The second kappa shape index (κ2) is 10.1. The molecule has 0 aliphatic carbocycles. The first-order valence-electron chi connectivity index (χ1n) is 12.2. The third kappa shape index (κ3) is 4.94. The largest absolute Gasteiger partial charge is 0.507 e. The smallest absolute Gasteiger partial charge is 0.239 e. The topological polar surface area (TPSA) is 120 Å². The molecule has 7 nitrogen and oxygen atoms in total. The van der Waals surface area contributed by atoms with Crippen molar-refractivity contribution in [1.29, 1.82) is 0 Å². The lowest BCUT2D eigenvalue weighted by atomic mass is 9.93. The summed E-state index contributed by atoms with van der Waals surface area (Å²) >= 11 is 0. The minimum atomic E-state index is -0.869. The fourth-order valence-corrected chi connectivity index (χ4v) is 4.47. The Kier molecular flexibility index (Phi) is 7.07. The fourth-order valence-electron chi connectivity index (χ4n) is 4.47. The molecular weight excluding hydrogens is 472 g/mol. The zero-order valence-electron chi connectivity index (χ0n) is 21.7. The second-order valence-corrected chi connectivity index (χ2v) is 9.94.